The van der Waals surface area contributed by atoms with Gasteiger partial charge in [-0.15, -0.1) is 0 Å². The van der Waals surface area contributed by atoms with Crippen LogP contribution in [0.3, 0.4) is 0 Å². The lowest BCUT2D eigenvalue weighted by atomic mass is 9.81. The van der Waals surface area contributed by atoms with Gasteiger partial charge in [0.15, 0.2) is 23.3 Å². The Morgan fingerprint density at radius 1 is 0.581 bits per heavy atom. The average molecular weight is 579 g/mol. The quantitative estimate of drug-likeness (QED) is 0.114. The molecule has 0 aliphatic rings. The second-order valence-corrected chi connectivity index (χ2v) is 9.82. The Kier molecular flexibility index (Phi) is 12.9. The molecule has 4 rings (SSSR count). The molecule has 0 radical (unpaired) electrons. The van der Waals surface area contributed by atoms with E-state index in [9.17, 15) is 19.2 Å². The van der Waals surface area contributed by atoms with Crippen molar-refractivity contribution in [2.24, 2.45) is 0 Å². The van der Waals surface area contributed by atoms with E-state index >= 15 is 0 Å². The molecule has 0 saturated heterocycles. The summed E-state index contributed by atoms with van der Waals surface area (Å²) in [5.41, 5.74) is 0.494. The summed E-state index contributed by atoms with van der Waals surface area (Å²) >= 11 is 0. The third-order valence-electron chi connectivity index (χ3n) is 6.96. The summed E-state index contributed by atoms with van der Waals surface area (Å²) in [5.74, 6) is -1.16. The van der Waals surface area contributed by atoms with E-state index in [1.165, 1.54) is 7.11 Å². The standard InChI is InChI=1S/C20H22O3.C17H16O3/c1-3-4-15-20(23-2,18(21)16-11-7-5-8-12-16)19(22)17-13-9-6-10-14-17;1-2-20-17(15(18)13-9-5-3-6-10-13)16(19)14-11-7-4-8-12-14/h5-14H,3-4,15H2,1-2H3;3-12,17H,2H2,1H3. The number of methoxy groups -OCH3 is 1. The average Bonchev–Trinajstić information content (AvgIpc) is 3.08. The minimum atomic E-state index is -1.46. The fourth-order valence-corrected chi connectivity index (χ4v) is 4.63. The van der Waals surface area contributed by atoms with E-state index in [-0.39, 0.29) is 23.1 Å². The van der Waals surface area contributed by atoms with Gasteiger partial charge in [0.25, 0.3) is 0 Å². The van der Waals surface area contributed by atoms with Crippen molar-refractivity contribution in [2.75, 3.05) is 13.7 Å². The lowest BCUT2D eigenvalue weighted by Crippen LogP contribution is -2.48. The van der Waals surface area contributed by atoms with Gasteiger partial charge in [-0.25, -0.2) is 0 Å². The molecule has 4 aromatic carbocycles. The Balaban J connectivity index is 0.000000238. The van der Waals surface area contributed by atoms with Crippen LogP contribution in [-0.2, 0) is 9.47 Å². The summed E-state index contributed by atoms with van der Waals surface area (Å²) in [6.45, 7) is 4.10. The number of carbonyl (C=O) groups excluding carboxylic acids is 4. The molecule has 43 heavy (non-hydrogen) atoms. The second kappa shape index (κ2) is 16.8. The van der Waals surface area contributed by atoms with Crippen molar-refractivity contribution < 1.29 is 28.7 Å². The number of carbonyl (C=O) groups is 4. The summed E-state index contributed by atoms with van der Waals surface area (Å²) in [5, 5.41) is 0. The molecule has 4 aromatic rings. The first-order valence-electron chi connectivity index (χ1n) is 14.4. The van der Waals surface area contributed by atoms with Crippen LogP contribution in [0, 0.1) is 0 Å². The van der Waals surface area contributed by atoms with E-state index in [0.717, 1.165) is 12.8 Å². The molecule has 0 N–H and O–H groups in total. The highest BCUT2D eigenvalue weighted by atomic mass is 16.5. The van der Waals surface area contributed by atoms with Crippen LogP contribution in [0.5, 0.6) is 0 Å². The minimum absolute atomic E-state index is 0.275. The zero-order chi connectivity index (χ0) is 31.1. The number of unbranched alkanes of at least 4 members (excludes halogenated alkanes) is 1. The third-order valence-corrected chi connectivity index (χ3v) is 6.96. The topological polar surface area (TPSA) is 86.7 Å². The monoisotopic (exact) mass is 578 g/mol. The van der Waals surface area contributed by atoms with Crippen LogP contribution in [0.2, 0.25) is 0 Å². The van der Waals surface area contributed by atoms with Crippen molar-refractivity contribution in [1.29, 1.82) is 0 Å². The fourth-order valence-electron chi connectivity index (χ4n) is 4.63. The van der Waals surface area contributed by atoms with Crippen molar-refractivity contribution in [3.05, 3.63) is 144 Å². The molecule has 6 heteroatoms. The molecule has 0 saturated carbocycles. The predicted molar refractivity (Wildman–Crippen MR) is 168 cm³/mol. The van der Waals surface area contributed by atoms with Crippen molar-refractivity contribution in [3.63, 3.8) is 0 Å². The lowest BCUT2D eigenvalue weighted by Gasteiger charge is -2.29. The molecule has 0 aliphatic carbocycles. The molecule has 0 atom stereocenters. The normalized spacial score (nSPS) is 10.9. The van der Waals surface area contributed by atoms with E-state index in [4.69, 9.17) is 9.47 Å². The molecule has 0 amide bonds. The minimum Gasteiger partial charge on any atom is -0.362 e. The lowest BCUT2D eigenvalue weighted by molar-refractivity contribution is 0.00382. The van der Waals surface area contributed by atoms with Gasteiger partial charge >= 0.3 is 0 Å². The number of ether oxygens (including phenoxy) is 2. The van der Waals surface area contributed by atoms with Crippen molar-refractivity contribution in [3.8, 4) is 0 Å². The smallest absolute Gasteiger partial charge is 0.202 e. The Hall–Kier alpha value is -4.52. The van der Waals surface area contributed by atoms with Crippen LogP contribution in [-0.4, -0.2) is 48.6 Å². The first-order valence-corrected chi connectivity index (χ1v) is 14.4. The van der Waals surface area contributed by atoms with Gasteiger partial charge in [-0.2, -0.15) is 0 Å². The van der Waals surface area contributed by atoms with Crippen LogP contribution in [0.4, 0.5) is 0 Å². The highest BCUT2D eigenvalue weighted by Gasteiger charge is 2.46. The molecule has 0 spiro atoms. The highest BCUT2D eigenvalue weighted by molar-refractivity contribution is 6.22. The van der Waals surface area contributed by atoms with Gasteiger partial charge in [-0.1, -0.05) is 135 Å². The molecule has 0 aromatic heterocycles. The number of hydrogen-bond acceptors (Lipinski definition) is 6. The van der Waals surface area contributed by atoms with E-state index in [1.807, 2.05) is 31.2 Å². The van der Waals surface area contributed by atoms with Gasteiger partial charge < -0.3 is 9.47 Å². The molecular formula is C37H38O6. The number of rotatable bonds is 14. The second-order valence-electron chi connectivity index (χ2n) is 9.82. The van der Waals surface area contributed by atoms with Crippen LogP contribution < -0.4 is 0 Å². The van der Waals surface area contributed by atoms with E-state index < -0.39 is 11.7 Å². The Bertz CT molecular complexity index is 1350. The van der Waals surface area contributed by atoms with Crippen LogP contribution in [0.25, 0.3) is 0 Å². The molecule has 0 bridgehead atoms. The maximum absolute atomic E-state index is 13.1. The first-order chi connectivity index (χ1) is 20.9. The van der Waals surface area contributed by atoms with E-state index in [2.05, 4.69) is 0 Å². The largest absolute Gasteiger partial charge is 0.362 e. The molecule has 0 aliphatic heterocycles. The van der Waals surface area contributed by atoms with Crippen molar-refractivity contribution in [2.45, 2.75) is 44.8 Å². The summed E-state index contributed by atoms with van der Waals surface area (Å²) in [6, 6.07) is 35.2. The summed E-state index contributed by atoms with van der Waals surface area (Å²) < 4.78 is 10.9. The van der Waals surface area contributed by atoms with E-state index in [0.29, 0.717) is 35.3 Å². The van der Waals surface area contributed by atoms with Gasteiger partial charge in [0.1, 0.15) is 0 Å². The van der Waals surface area contributed by atoms with Gasteiger partial charge in [0.2, 0.25) is 11.6 Å². The fraction of sp³-hybridized carbons (Fsp3) is 0.243. The summed E-state index contributed by atoms with van der Waals surface area (Å²) in [4.78, 5) is 51.0. The highest BCUT2D eigenvalue weighted by Crippen LogP contribution is 2.28. The molecule has 0 unspecified atom stereocenters. The Labute approximate surface area is 253 Å². The van der Waals surface area contributed by atoms with Gasteiger partial charge in [0.05, 0.1) is 0 Å². The van der Waals surface area contributed by atoms with Crippen LogP contribution >= 0.6 is 0 Å². The number of Topliss-reactive ketones (excluding diaryl/α,β-unsaturated/α-hetero) is 4. The molecular weight excluding hydrogens is 540 g/mol. The van der Waals surface area contributed by atoms with E-state index in [1.54, 1.807) is 104 Å². The summed E-state index contributed by atoms with van der Waals surface area (Å²) in [6.07, 6.45) is 0.923. The molecule has 6 nitrogen and oxygen atoms in total. The Morgan fingerprint density at radius 2 is 0.930 bits per heavy atom. The SMILES string of the molecule is CCCCC(OC)(C(=O)c1ccccc1)C(=O)c1ccccc1.CCOC(C(=O)c1ccccc1)C(=O)c1ccccc1. The third kappa shape index (κ3) is 8.51. The van der Waals surface area contributed by atoms with Gasteiger partial charge in [-0.3, -0.25) is 19.2 Å². The van der Waals surface area contributed by atoms with Gasteiger partial charge in [-0.05, 0) is 19.8 Å². The first kappa shape index (κ1) is 33.0. The summed E-state index contributed by atoms with van der Waals surface area (Å²) in [7, 11) is 1.44. The van der Waals surface area contributed by atoms with Crippen LogP contribution in [0.1, 0.15) is 74.5 Å². The van der Waals surface area contributed by atoms with Crippen LogP contribution in [0.15, 0.2) is 121 Å². The molecule has 222 valence electrons. The molecule has 0 fully saturated rings. The predicted octanol–water partition coefficient (Wildman–Crippen LogP) is 7.48. The number of benzene rings is 4. The Morgan fingerprint density at radius 3 is 1.23 bits per heavy atom. The van der Waals surface area contributed by atoms with Gasteiger partial charge in [0, 0.05) is 36.0 Å². The van der Waals surface area contributed by atoms with Crippen molar-refractivity contribution in [1.82, 2.24) is 0 Å². The maximum Gasteiger partial charge on any atom is 0.202 e. The zero-order valence-electron chi connectivity index (χ0n) is 24.9. The zero-order valence-corrected chi connectivity index (χ0v) is 24.9. The maximum atomic E-state index is 13.1. The number of ketones is 4. The molecule has 0 heterocycles. The van der Waals surface area contributed by atoms with Crippen molar-refractivity contribution >= 4 is 23.1 Å². The number of hydrogen-bond donors (Lipinski definition) is 0.